The maximum Gasteiger partial charge on any atom is 0.0674 e. The third-order valence-corrected chi connectivity index (χ3v) is 3.49. The summed E-state index contributed by atoms with van der Waals surface area (Å²) >= 11 is 0. The smallest absolute Gasteiger partial charge is 0.0674 e. The minimum absolute atomic E-state index is 0.352. The van der Waals surface area contributed by atoms with Gasteiger partial charge < -0.3 is 10.5 Å². The number of ether oxygens (including phenoxy) is 1. The van der Waals surface area contributed by atoms with Gasteiger partial charge in [-0.2, -0.15) is 0 Å². The predicted molar refractivity (Wildman–Crippen MR) is 63.9 cm³/mol. The molecule has 3 atom stereocenters. The first-order valence-electron chi connectivity index (χ1n) is 6.24. The van der Waals surface area contributed by atoms with E-state index < -0.39 is 0 Å². The van der Waals surface area contributed by atoms with Crippen molar-refractivity contribution in [3.63, 3.8) is 0 Å². The molecule has 1 fully saturated rings. The monoisotopic (exact) mass is 214 g/mol. The van der Waals surface area contributed by atoms with Crippen molar-refractivity contribution in [3.8, 4) is 0 Å². The zero-order chi connectivity index (χ0) is 11.3. The fourth-order valence-electron chi connectivity index (χ4n) is 2.34. The molecule has 1 heterocycles. The van der Waals surface area contributed by atoms with Crippen molar-refractivity contribution >= 4 is 0 Å². The van der Waals surface area contributed by atoms with Gasteiger partial charge in [0.2, 0.25) is 0 Å². The fraction of sp³-hybridized carbons (Fsp3) is 1.00. The maximum absolute atomic E-state index is 5.89. The summed E-state index contributed by atoms with van der Waals surface area (Å²) in [7, 11) is 0. The summed E-state index contributed by atoms with van der Waals surface area (Å²) in [5.74, 6) is 0.681. The molecule has 3 unspecified atom stereocenters. The minimum Gasteiger partial charge on any atom is -0.377 e. The quantitative estimate of drug-likeness (QED) is 0.770. The van der Waals surface area contributed by atoms with Gasteiger partial charge in [0.1, 0.15) is 0 Å². The van der Waals surface area contributed by atoms with Crippen LogP contribution in [0.1, 0.15) is 33.6 Å². The van der Waals surface area contributed by atoms with E-state index in [0.717, 1.165) is 32.7 Å². The minimum atomic E-state index is 0.352. The zero-order valence-corrected chi connectivity index (χ0v) is 10.4. The Morgan fingerprint density at radius 1 is 1.53 bits per heavy atom. The second-order valence-corrected chi connectivity index (χ2v) is 4.72. The van der Waals surface area contributed by atoms with E-state index in [-0.39, 0.29) is 0 Å². The molecule has 0 aromatic carbocycles. The van der Waals surface area contributed by atoms with Gasteiger partial charge in [-0.05, 0) is 19.3 Å². The number of nitrogens with zero attached hydrogens (tertiary/aromatic N) is 1. The molecule has 0 aliphatic carbocycles. The van der Waals surface area contributed by atoms with E-state index >= 15 is 0 Å². The molecule has 0 aromatic heterocycles. The van der Waals surface area contributed by atoms with Crippen LogP contribution in [0.5, 0.6) is 0 Å². The van der Waals surface area contributed by atoms with Gasteiger partial charge in [-0.15, -0.1) is 0 Å². The lowest BCUT2D eigenvalue weighted by atomic mass is 9.97. The summed E-state index contributed by atoms with van der Waals surface area (Å²) in [6.45, 7) is 10.5. The summed E-state index contributed by atoms with van der Waals surface area (Å²) in [6.07, 6.45) is 2.69. The molecule has 0 aromatic rings. The average molecular weight is 214 g/mol. The van der Waals surface area contributed by atoms with Crippen LogP contribution in [0.2, 0.25) is 0 Å². The molecular weight excluding hydrogens is 188 g/mol. The van der Waals surface area contributed by atoms with Crippen LogP contribution in [0.15, 0.2) is 0 Å². The molecule has 3 heteroatoms. The standard InChI is InChI=1S/C12H26N2O/c1-4-10(2)12(8-13)14-6-5-7-15-11(3)9-14/h10-12H,4-9,13H2,1-3H3. The van der Waals surface area contributed by atoms with Crippen molar-refractivity contribution in [3.05, 3.63) is 0 Å². The Morgan fingerprint density at radius 2 is 2.27 bits per heavy atom. The summed E-state index contributed by atoms with van der Waals surface area (Å²) in [5, 5.41) is 0. The van der Waals surface area contributed by atoms with Crippen LogP contribution in [0, 0.1) is 5.92 Å². The van der Waals surface area contributed by atoms with Gasteiger partial charge in [0.05, 0.1) is 6.10 Å². The third kappa shape index (κ3) is 3.74. The molecule has 2 N–H and O–H groups in total. The summed E-state index contributed by atoms with van der Waals surface area (Å²) in [4.78, 5) is 2.52. The highest BCUT2D eigenvalue weighted by molar-refractivity contribution is 4.80. The summed E-state index contributed by atoms with van der Waals surface area (Å²) < 4.78 is 5.66. The first kappa shape index (κ1) is 12.9. The second-order valence-electron chi connectivity index (χ2n) is 4.72. The Bertz CT molecular complexity index is 175. The molecule has 0 spiro atoms. The van der Waals surface area contributed by atoms with Crippen molar-refractivity contribution in [2.75, 3.05) is 26.2 Å². The van der Waals surface area contributed by atoms with E-state index in [0.29, 0.717) is 18.1 Å². The highest BCUT2D eigenvalue weighted by Crippen LogP contribution is 2.17. The first-order chi connectivity index (χ1) is 7.19. The van der Waals surface area contributed by atoms with Crippen molar-refractivity contribution in [2.45, 2.75) is 45.8 Å². The number of rotatable bonds is 4. The second kappa shape index (κ2) is 6.46. The van der Waals surface area contributed by atoms with E-state index in [1.165, 1.54) is 6.42 Å². The van der Waals surface area contributed by atoms with Crippen LogP contribution in [-0.4, -0.2) is 43.3 Å². The van der Waals surface area contributed by atoms with Crippen molar-refractivity contribution in [1.82, 2.24) is 4.90 Å². The van der Waals surface area contributed by atoms with Gasteiger partial charge in [0, 0.05) is 32.3 Å². The van der Waals surface area contributed by atoms with Gasteiger partial charge in [0.15, 0.2) is 0 Å². The maximum atomic E-state index is 5.89. The molecule has 1 aliphatic rings. The highest BCUT2D eigenvalue weighted by atomic mass is 16.5. The largest absolute Gasteiger partial charge is 0.377 e. The molecule has 0 bridgehead atoms. The SMILES string of the molecule is CCC(C)C(CN)N1CCCOC(C)C1. The Kier molecular flexibility index (Phi) is 5.58. The number of hydrogen-bond acceptors (Lipinski definition) is 3. The van der Waals surface area contributed by atoms with Crippen LogP contribution in [-0.2, 0) is 4.74 Å². The molecular formula is C12H26N2O. The molecule has 0 amide bonds. The molecule has 0 saturated carbocycles. The Morgan fingerprint density at radius 3 is 2.87 bits per heavy atom. The van der Waals surface area contributed by atoms with Gasteiger partial charge in [-0.3, -0.25) is 4.90 Å². The summed E-state index contributed by atoms with van der Waals surface area (Å²) in [5.41, 5.74) is 5.89. The Balaban J connectivity index is 2.56. The van der Waals surface area contributed by atoms with Crippen LogP contribution >= 0.6 is 0 Å². The highest BCUT2D eigenvalue weighted by Gasteiger charge is 2.25. The molecule has 90 valence electrons. The lowest BCUT2D eigenvalue weighted by Gasteiger charge is -2.34. The van der Waals surface area contributed by atoms with Gasteiger partial charge in [-0.1, -0.05) is 20.3 Å². The van der Waals surface area contributed by atoms with E-state index in [1.807, 2.05) is 0 Å². The topological polar surface area (TPSA) is 38.5 Å². The first-order valence-corrected chi connectivity index (χ1v) is 6.24. The van der Waals surface area contributed by atoms with E-state index in [2.05, 4.69) is 25.7 Å². The number of hydrogen-bond donors (Lipinski definition) is 1. The van der Waals surface area contributed by atoms with E-state index in [9.17, 15) is 0 Å². The van der Waals surface area contributed by atoms with Crippen molar-refractivity contribution in [1.29, 1.82) is 0 Å². The molecule has 15 heavy (non-hydrogen) atoms. The molecule has 3 nitrogen and oxygen atoms in total. The molecule has 1 saturated heterocycles. The van der Waals surface area contributed by atoms with Crippen LogP contribution in [0.25, 0.3) is 0 Å². The lowest BCUT2D eigenvalue weighted by molar-refractivity contribution is 0.0551. The Hall–Kier alpha value is -0.120. The van der Waals surface area contributed by atoms with Gasteiger partial charge in [0.25, 0.3) is 0 Å². The number of nitrogens with two attached hydrogens (primary N) is 1. The van der Waals surface area contributed by atoms with E-state index in [4.69, 9.17) is 10.5 Å². The Labute approximate surface area is 94.0 Å². The average Bonchev–Trinajstić information content (AvgIpc) is 2.44. The summed E-state index contributed by atoms with van der Waals surface area (Å²) in [6, 6.07) is 0.527. The molecule has 1 aliphatic heterocycles. The van der Waals surface area contributed by atoms with Gasteiger partial charge >= 0.3 is 0 Å². The molecule has 1 rings (SSSR count). The van der Waals surface area contributed by atoms with Crippen LogP contribution in [0.4, 0.5) is 0 Å². The predicted octanol–water partition coefficient (Wildman–Crippen LogP) is 1.47. The van der Waals surface area contributed by atoms with Crippen molar-refractivity contribution < 1.29 is 4.74 Å². The van der Waals surface area contributed by atoms with Gasteiger partial charge in [-0.25, -0.2) is 0 Å². The van der Waals surface area contributed by atoms with Crippen LogP contribution < -0.4 is 5.73 Å². The van der Waals surface area contributed by atoms with E-state index in [1.54, 1.807) is 0 Å². The van der Waals surface area contributed by atoms with Crippen LogP contribution in [0.3, 0.4) is 0 Å². The normalized spacial score (nSPS) is 28.4. The molecule has 0 radical (unpaired) electrons. The lowest BCUT2D eigenvalue weighted by Crippen LogP contribution is -2.47. The fourth-order valence-corrected chi connectivity index (χ4v) is 2.34. The third-order valence-electron chi connectivity index (χ3n) is 3.49. The zero-order valence-electron chi connectivity index (χ0n) is 10.4. The van der Waals surface area contributed by atoms with Crippen molar-refractivity contribution in [2.24, 2.45) is 11.7 Å².